The first-order valence-corrected chi connectivity index (χ1v) is 5.82. The van der Waals surface area contributed by atoms with Crippen molar-refractivity contribution in [1.82, 2.24) is 0 Å². The molecule has 1 heterocycles. The Labute approximate surface area is 116 Å². The van der Waals surface area contributed by atoms with Crippen LogP contribution in [0.4, 0.5) is 26.3 Å². The highest BCUT2D eigenvalue weighted by Crippen LogP contribution is 2.37. The minimum absolute atomic E-state index is 0.116. The third-order valence-electron chi connectivity index (χ3n) is 2.34. The molecular weight excluding hydrogens is 306 g/mol. The molecule has 120 valence electrons. The largest absolute Gasteiger partial charge is 0.459 e. The Hall–Kier alpha value is -1.51. The molecule has 21 heavy (non-hydrogen) atoms. The summed E-state index contributed by atoms with van der Waals surface area (Å²) in [6.07, 6.45) is -11.1. The highest BCUT2D eigenvalue weighted by molar-refractivity contribution is 6.01. The molecule has 9 heteroatoms. The molecule has 1 atom stereocenters. The lowest BCUT2D eigenvalue weighted by molar-refractivity contribution is -0.170. The minimum atomic E-state index is -5.46. The Kier molecular flexibility index (Phi) is 5.08. The quantitative estimate of drug-likeness (QED) is 0.744. The van der Waals surface area contributed by atoms with Crippen LogP contribution in [0.2, 0.25) is 0 Å². The van der Waals surface area contributed by atoms with Gasteiger partial charge in [0.2, 0.25) is 5.76 Å². The van der Waals surface area contributed by atoms with E-state index in [1.165, 1.54) is 0 Å². The third kappa shape index (κ3) is 4.48. The van der Waals surface area contributed by atoms with E-state index in [2.05, 4.69) is 4.74 Å². The Morgan fingerprint density at radius 1 is 1.29 bits per heavy atom. The van der Waals surface area contributed by atoms with Gasteiger partial charge < -0.3 is 9.47 Å². The van der Waals surface area contributed by atoms with Crippen molar-refractivity contribution in [3.63, 3.8) is 0 Å². The van der Waals surface area contributed by atoms with Gasteiger partial charge in [-0.2, -0.15) is 26.3 Å². The molecule has 0 bridgehead atoms. The van der Waals surface area contributed by atoms with Crippen molar-refractivity contribution in [1.29, 1.82) is 0 Å². The van der Waals surface area contributed by atoms with Crippen molar-refractivity contribution in [2.45, 2.75) is 32.3 Å². The number of allylic oxidation sites excluding steroid dienone is 1. The van der Waals surface area contributed by atoms with Gasteiger partial charge in [0.05, 0.1) is 18.4 Å². The molecule has 0 aromatic heterocycles. The number of hydrogen-bond donors (Lipinski definition) is 0. The summed E-state index contributed by atoms with van der Waals surface area (Å²) in [5, 5.41) is 0. The van der Waals surface area contributed by atoms with Crippen molar-refractivity contribution in [3.8, 4) is 0 Å². The van der Waals surface area contributed by atoms with E-state index in [1.807, 2.05) is 0 Å². The SMILES string of the molecule is CC(C)COC1C=COC(C(F)(F)F)=C1C(=O)C(F)(F)F. The molecular formula is C12H12F6O3. The molecule has 0 radical (unpaired) electrons. The second-order valence-electron chi connectivity index (χ2n) is 4.66. The Bertz CT molecular complexity index is 459. The maximum atomic E-state index is 12.7. The van der Waals surface area contributed by atoms with Crippen molar-refractivity contribution in [3.05, 3.63) is 23.7 Å². The second kappa shape index (κ2) is 6.08. The van der Waals surface area contributed by atoms with Crippen LogP contribution < -0.4 is 0 Å². The van der Waals surface area contributed by atoms with Gasteiger partial charge in [-0.15, -0.1) is 0 Å². The molecule has 0 spiro atoms. The molecule has 1 aliphatic rings. The molecule has 0 N–H and O–H groups in total. The second-order valence-corrected chi connectivity index (χ2v) is 4.66. The number of alkyl halides is 6. The fraction of sp³-hybridized carbons (Fsp3) is 0.583. The molecule has 1 unspecified atom stereocenters. The lowest BCUT2D eigenvalue weighted by Crippen LogP contribution is -2.36. The predicted octanol–water partition coefficient (Wildman–Crippen LogP) is 3.52. The summed E-state index contributed by atoms with van der Waals surface area (Å²) in [4.78, 5) is 11.3. The summed E-state index contributed by atoms with van der Waals surface area (Å²) in [6, 6.07) is 0. The first kappa shape index (κ1) is 17.5. The molecule has 0 fully saturated rings. The van der Waals surface area contributed by atoms with E-state index in [4.69, 9.17) is 4.74 Å². The fourth-order valence-electron chi connectivity index (χ4n) is 1.51. The van der Waals surface area contributed by atoms with Crippen molar-refractivity contribution < 1.29 is 40.6 Å². The topological polar surface area (TPSA) is 35.5 Å². The van der Waals surface area contributed by atoms with Crippen LogP contribution in [-0.4, -0.2) is 30.8 Å². The van der Waals surface area contributed by atoms with E-state index in [0.717, 1.165) is 6.08 Å². The van der Waals surface area contributed by atoms with Crippen LogP contribution in [0.1, 0.15) is 13.8 Å². The molecule has 0 aromatic rings. The summed E-state index contributed by atoms with van der Waals surface area (Å²) >= 11 is 0. The van der Waals surface area contributed by atoms with E-state index < -0.39 is 35.6 Å². The van der Waals surface area contributed by atoms with Gasteiger partial charge in [-0.05, 0) is 12.0 Å². The first-order valence-electron chi connectivity index (χ1n) is 5.82. The van der Waals surface area contributed by atoms with E-state index in [1.54, 1.807) is 13.8 Å². The number of halogens is 6. The molecule has 0 aromatic carbocycles. The molecule has 0 aliphatic carbocycles. The van der Waals surface area contributed by atoms with Gasteiger partial charge >= 0.3 is 12.4 Å². The summed E-state index contributed by atoms with van der Waals surface area (Å²) in [5.41, 5.74) is -1.59. The predicted molar refractivity (Wildman–Crippen MR) is 58.9 cm³/mol. The van der Waals surface area contributed by atoms with Gasteiger partial charge in [-0.3, -0.25) is 4.79 Å². The standard InChI is InChI=1S/C12H12F6O3/c1-6(2)5-21-7-3-4-20-10(12(16,17)18)8(7)9(19)11(13,14)15/h3-4,6-7H,5H2,1-2H3. The molecule has 0 saturated heterocycles. The Balaban J connectivity index is 3.24. The number of carbonyl (C=O) groups excluding carboxylic acids is 1. The number of Topliss-reactive ketones (excluding diaryl/α,β-unsaturated/α-hetero) is 1. The lowest BCUT2D eigenvalue weighted by Gasteiger charge is -2.25. The van der Waals surface area contributed by atoms with E-state index >= 15 is 0 Å². The monoisotopic (exact) mass is 318 g/mol. The van der Waals surface area contributed by atoms with Crippen LogP contribution in [0.15, 0.2) is 23.7 Å². The van der Waals surface area contributed by atoms with Gasteiger partial charge in [-0.1, -0.05) is 13.8 Å². The van der Waals surface area contributed by atoms with E-state index in [0.29, 0.717) is 6.26 Å². The maximum absolute atomic E-state index is 12.7. The number of ketones is 1. The zero-order valence-corrected chi connectivity index (χ0v) is 11.0. The Morgan fingerprint density at radius 2 is 1.86 bits per heavy atom. The van der Waals surface area contributed by atoms with Crippen molar-refractivity contribution >= 4 is 5.78 Å². The highest BCUT2D eigenvalue weighted by Gasteiger charge is 2.51. The average Bonchev–Trinajstić information content (AvgIpc) is 2.32. The average molecular weight is 318 g/mol. The minimum Gasteiger partial charge on any atom is -0.459 e. The first-order chi connectivity index (χ1) is 9.44. The normalized spacial score (nSPS) is 20.0. The number of carbonyl (C=O) groups is 1. The van der Waals surface area contributed by atoms with E-state index in [-0.39, 0.29) is 12.5 Å². The number of ether oxygens (including phenoxy) is 2. The van der Waals surface area contributed by atoms with Gasteiger partial charge in [0.1, 0.15) is 6.10 Å². The zero-order chi connectivity index (χ0) is 16.4. The van der Waals surface area contributed by atoms with Crippen LogP contribution in [0.5, 0.6) is 0 Å². The summed E-state index contributed by atoms with van der Waals surface area (Å²) in [5.74, 6) is -4.77. The number of hydrogen-bond acceptors (Lipinski definition) is 3. The summed E-state index contributed by atoms with van der Waals surface area (Å²) in [6.45, 7) is 3.19. The summed E-state index contributed by atoms with van der Waals surface area (Å²) < 4.78 is 84.6. The van der Waals surface area contributed by atoms with Crippen LogP contribution in [-0.2, 0) is 14.3 Å². The van der Waals surface area contributed by atoms with Crippen molar-refractivity contribution in [2.75, 3.05) is 6.61 Å². The van der Waals surface area contributed by atoms with Gasteiger partial charge in [-0.25, -0.2) is 0 Å². The highest BCUT2D eigenvalue weighted by atomic mass is 19.4. The van der Waals surface area contributed by atoms with Gasteiger partial charge in [0.25, 0.3) is 5.78 Å². The van der Waals surface area contributed by atoms with E-state index in [9.17, 15) is 31.1 Å². The number of rotatable bonds is 4. The Morgan fingerprint density at radius 3 is 2.29 bits per heavy atom. The van der Waals surface area contributed by atoms with Crippen LogP contribution in [0, 0.1) is 5.92 Å². The van der Waals surface area contributed by atoms with Gasteiger partial charge in [0, 0.05) is 0 Å². The molecule has 1 aliphatic heterocycles. The molecule has 3 nitrogen and oxygen atoms in total. The molecule has 0 amide bonds. The lowest BCUT2D eigenvalue weighted by atomic mass is 10.0. The van der Waals surface area contributed by atoms with Crippen LogP contribution in [0.3, 0.4) is 0 Å². The molecule has 1 rings (SSSR count). The molecule has 0 saturated carbocycles. The van der Waals surface area contributed by atoms with Crippen molar-refractivity contribution in [2.24, 2.45) is 5.92 Å². The fourth-order valence-corrected chi connectivity index (χ4v) is 1.51. The summed E-state index contributed by atoms with van der Waals surface area (Å²) in [7, 11) is 0. The maximum Gasteiger partial charge on any atom is 0.454 e. The zero-order valence-electron chi connectivity index (χ0n) is 11.0. The third-order valence-corrected chi connectivity index (χ3v) is 2.34. The van der Waals surface area contributed by atoms with Crippen LogP contribution in [0.25, 0.3) is 0 Å². The van der Waals surface area contributed by atoms with Crippen LogP contribution >= 0.6 is 0 Å². The van der Waals surface area contributed by atoms with Gasteiger partial charge in [0.15, 0.2) is 0 Å². The smallest absolute Gasteiger partial charge is 0.454 e.